The van der Waals surface area contributed by atoms with E-state index in [1.807, 2.05) is 121 Å². The Morgan fingerprint density at radius 2 is 0.742 bits per heavy atom. The van der Waals surface area contributed by atoms with Crippen LogP contribution in [0.5, 0.6) is 28.7 Å². The molecule has 0 spiro atoms. The van der Waals surface area contributed by atoms with E-state index in [0.717, 1.165) is 131 Å². The molecule has 2 saturated heterocycles. The summed E-state index contributed by atoms with van der Waals surface area (Å²) >= 11 is 6.01. The van der Waals surface area contributed by atoms with Crippen LogP contribution in [-0.4, -0.2) is 158 Å². The Morgan fingerprint density at radius 1 is 0.379 bits per heavy atom. The van der Waals surface area contributed by atoms with Gasteiger partial charge < -0.3 is 61.1 Å². The largest absolute Gasteiger partial charge is 0.496 e. The standard InChI is InChI=1S/C17H21N.2C16H19NO.C15H24N2O.C15H24N2.C12H19NO.C11H16ClN.C11H18N2O2S/c1-14(2)18(3)17(15-10-6-4-7-11-15)16-12-8-5-9-13-16;1-13(2)17-12-14-7-6-10-16(11-14)18-15-8-4-3-5-9-15;1-13(2)17-12-14-8-10-16(11-9-14)18-15-6-4-3-5-7-15;1-13(2)16-15(14-6-4-3-5-7-14)12-17-8-10-18-11-9-17;1-13(2)16-15(12-17-10-6-7-11-17)14-8-4-3-5-9-14;1-10(2)13-9-8-11-6-4-5-7-12(11)14-3;1-9(2)13-8-7-10-5-3-4-6-11(10)12;1-9(2)13-8-7-10-3-5-11(6-4-10)16(12,14)15/h4-14,17H,1-3H3;2*3-11,13,17H,12H2,1-2H3;3-7,13,15-16H,8-12H2,1-2H3;3-5,8-9,13,15-16H,6-7,10-12H2,1-2H3;4-7,10,13H,8-9H2,1-3H3;3-6,9,13H,7-8H2,1-2H3;3-6,9,13H,7-8H2,1-2H3,(H2,12,14,15). The molecule has 11 aromatic carbocycles. The van der Waals surface area contributed by atoms with Gasteiger partial charge in [-0.25, -0.2) is 13.6 Å². The van der Waals surface area contributed by atoms with Crippen LogP contribution in [0.4, 0.5) is 0 Å². The van der Waals surface area contributed by atoms with Gasteiger partial charge in [-0.15, -0.1) is 0 Å². The molecule has 0 aromatic heterocycles. The number of primary sulfonamides is 1. The maximum atomic E-state index is 11.0. The summed E-state index contributed by atoms with van der Waals surface area (Å²) in [7, 11) is 0.338. The van der Waals surface area contributed by atoms with Crippen LogP contribution in [0.25, 0.3) is 0 Å². The summed E-state index contributed by atoms with van der Waals surface area (Å²) in [6.45, 7) is 47.9. The van der Waals surface area contributed by atoms with E-state index in [-0.39, 0.29) is 4.90 Å². The Hall–Kier alpha value is -9.42. The number of sulfonamides is 1. The topological polar surface area (TPSA) is 191 Å². The van der Waals surface area contributed by atoms with Gasteiger partial charge in [0.25, 0.3) is 0 Å². The molecule has 19 heteroatoms. The highest BCUT2D eigenvalue weighted by Gasteiger charge is 2.23. The third-order valence-electron chi connectivity index (χ3n) is 21.6. The van der Waals surface area contributed by atoms with E-state index < -0.39 is 10.0 Å². The summed E-state index contributed by atoms with van der Waals surface area (Å²) in [6, 6.07) is 107. The van der Waals surface area contributed by atoms with E-state index in [0.29, 0.717) is 66.5 Å². The first-order valence-corrected chi connectivity index (χ1v) is 49.7. The average molecular weight is 1840 g/mol. The predicted octanol–water partition coefficient (Wildman–Crippen LogP) is 22.9. The predicted molar refractivity (Wildman–Crippen MR) is 558 cm³/mol. The quantitative estimate of drug-likeness (QED) is 0.0182. The van der Waals surface area contributed by atoms with Crippen LogP contribution in [0.15, 0.2) is 308 Å². The number of methoxy groups -OCH3 is 1. The molecule has 2 aliphatic rings. The Kier molecular flexibility index (Phi) is 54.4. The van der Waals surface area contributed by atoms with E-state index in [9.17, 15) is 8.42 Å². The molecule has 0 bridgehead atoms. The Bertz CT molecular complexity index is 4800. The summed E-state index contributed by atoms with van der Waals surface area (Å²) < 4.78 is 44.2. The van der Waals surface area contributed by atoms with Crippen LogP contribution >= 0.6 is 11.6 Å². The fourth-order valence-corrected chi connectivity index (χ4v) is 15.2. The fourth-order valence-electron chi connectivity index (χ4n) is 14.4. The number of halogens is 1. The van der Waals surface area contributed by atoms with Crippen LogP contribution in [0.2, 0.25) is 5.02 Å². The molecule has 0 radical (unpaired) electrons. The molecular formula is C113H160ClN11O6S. The zero-order valence-electron chi connectivity index (χ0n) is 82.6. The molecule has 9 N–H and O–H groups in total. The number of para-hydroxylation sites is 3. The number of nitrogens with one attached hydrogen (secondary N) is 7. The average Bonchev–Trinajstić information content (AvgIpc) is 0.878. The SMILES string of the molecule is CC(C)N(C)C(c1ccccc1)c1ccccc1.CC(C)NC(CN1CCCC1)c1ccccc1.CC(C)NC(CN1CCOCC1)c1ccccc1.CC(C)NCCc1ccc(S(N)(=O)=O)cc1.CC(C)NCCc1ccccc1Cl.CC(C)NCc1ccc(Oc2ccccc2)cc1.CC(C)NCc1cccc(Oc2ccccc2)c1.COc1ccccc1CCNC(C)C. The highest BCUT2D eigenvalue weighted by molar-refractivity contribution is 7.89. The highest BCUT2D eigenvalue weighted by atomic mass is 35.5. The molecule has 716 valence electrons. The van der Waals surface area contributed by atoms with Crippen molar-refractivity contribution in [2.75, 3.05) is 86.3 Å². The van der Waals surface area contributed by atoms with Crippen molar-refractivity contribution in [3.63, 3.8) is 0 Å². The monoisotopic (exact) mass is 1830 g/mol. The van der Waals surface area contributed by atoms with Gasteiger partial charge in [-0.05, 0) is 209 Å². The number of benzene rings is 11. The molecule has 2 unspecified atom stereocenters. The van der Waals surface area contributed by atoms with Crippen molar-refractivity contribution in [1.29, 1.82) is 0 Å². The zero-order chi connectivity index (χ0) is 95.7. The molecule has 2 aliphatic heterocycles. The third kappa shape index (κ3) is 48.0. The van der Waals surface area contributed by atoms with Gasteiger partial charge in [-0.3, -0.25) is 9.80 Å². The van der Waals surface area contributed by atoms with Crippen molar-refractivity contribution in [2.24, 2.45) is 5.14 Å². The van der Waals surface area contributed by atoms with E-state index in [2.05, 4.69) is 327 Å². The van der Waals surface area contributed by atoms with Gasteiger partial charge in [0.2, 0.25) is 10.0 Å². The second-order valence-corrected chi connectivity index (χ2v) is 37.8. The van der Waals surface area contributed by atoms with E-state index in [1.165, 1.54) is 70.4 Å². The van der Waals surface area contributed by atoms with Gasteiger partial charge in [-0.2, -0.15) is 0 Å². The van der Waals surface area contributed by atoms with Crippen molar-refractivity contribution in [3.05, 3.63) is 358 Å². The third-order valence-corrected chi connectivity index (χ3v) is 22.9. The second kappa shape index (κ2) is 64.5. The number of hydrogen-bond acceptors (Lipinski definition) is 16. The molecule has 132 heavy (non-hydrogen) atoms. The van der Waals surface area contributed by atoms with Crippen molar-refractivity contribution in [3.8, 4) is 28.7 Å². The van der Waals surface area contributed by atoms with Crippen LogP contribution in [0.1, 0.15) is 192 Å². The highest BCUT2D eigenvalue weighted by Crippen LogP contribution is 2.30. The lowest BCUT2D eigenvalue weighted by atomic mass is 9.96. The van der Waals surface area contributed by atoms with Gasteiger partial charge >= 0.3 is 0 Å². The lowest BCUT2D eigenvalue weighted by Crippen LogP contribution is -2.43. The first-order valence-electron chi connectivity index (χ1n) is 47.8. The molecule has 2 fully saturated rings. The fraction of sp³-hybridized carbons (Fsp3) is 0.416. The van der Waals surface area contributed by atoms with Crippen LogP contribution in [0, 0.1) is 0 Å². The second-order valence-electron chi connectivity index (χ2n) is 35.8. The number of ether oxygens (including phenoxy) is 4. The number of hydrogen-bond donors (Lipinski definition) is 8. The minimum absolute atomic E-state index is 0.160. The summed E-state index contributed by atoms with van der Waals surface area (Å²) in [5.74, 6) is 4.47. The first-order chi connectivity index (χ1) is 63.5. The van der Waals surface area contributed by atoms with Crippen molar-refractivity contribution in [1.82, 2.24) is 51.9 Å². The number of likely N-dealkylation sites (tertiary alicyclic amines) is 1. The van der Waals surface area contributed by atoms with Gasteiger partial charge in [0.15, 0.2) is 0 Å². The summed E-state index contributed by atoms with van der Waals surface area (Å²) in [5.41, 5.74) is 11.6. The van der Waals surface area contributed by atoms with Crippen LogP contribution in [0.3, 0.4) is 0 Å². The summed E-state index contributed by atoms with van der Waals surface area (Å²) in [5, 5.41) is 30.1. The molecule has 13 rings (SSSR count). The summed E-state index contributed by atoms with van der Waals surface area (Å²) in [6.07, 6.45) is 5.62. The normalized spacial score (nSPS) is 13.1. The lowest BCUT2D eigenvalue weighted by molar-refractivity contribution is 0.0330. The molecule has 0 aliphatic carbocycles. The van der Waals surface area contributed by atoms with Crippen molar-refractivity contribution < 1.29 is 27.4 Å². The smallest absolute Gasteiger partial charge is 0.238 e. The van der Waals surface area contributed by atoms with Gasteiger partial charge in [0.05, 0.1) is 31.3 Å². The zero-order valence-corrected chi connectivity index (χ0v) is 84.2. The van der Waals surface area contributed by atoms with Gasteiger partial charge in [-0.1, -0.05) is 339 Å². The van der Waals surface area contributed by atoms with Crippen LogP contribution in [-0.2, 0) is 47.1 Å². The minimum Gasteiger partial charge on any atom is -0.496 e. The molecule has 0 amide bonds. The molecule has 17 nitrogen and oxygen atoms in total. The Balaban J connectivity index is 0.000000233. The van der Waals surface area contributed by atoms with Gasteiger partial charge in [0.1, 0.15) is 28.7 Å². The molecule has 2 heterocycles. The first kappa shape index (κ1) is 111. The van der Waals surface area contributed by atoms with E-state index in [1.54, 1.807) is 31.4 Å². The lowest BCUT2D eigenvalue weighted by Gasteiger charge is -2.32. The maximum absolute atomic E-state index is 11.0. The maximum Gasteiger partial charge on any atom is 0.238 e. The number of nitrogens with zero attached hydrogens (tertiary/aromatic N) is 3. The Morgan fingerprint density at radius 3 is 1.17 bits per heavy atom. The Labute approximate surface area is 801 Å². The summed E-state index contributed by atoms with van der Waals surface area (Å²) in [4.78, 5) is 7.63. The van der Waals surface area contributed by atoms with Crippen molar-refractivity contribution in [2.45, 2.75) is 227 Å². The van der Waals surface area contributed by atoms with E-state index >= 15 is 0 Å². The number of morpholine rings is 1. The molecule has 0 saturated carbocycles. The molecular weight excluding hydrogens is 1670 g/mol. The van der Waals surface area contributed by atoms with Crippen molar-refractivity contribution >= 4 is 21.6 Å². The number of rotatable bonds is 38. The molecule has 2 atom stereocenters. The molecule has 11 aromatic rings. The van der Waals surface area contributed by atoms with Gasteiger partial charge in [0, 0.05) is 105 Å². The van der Waals surface area contributed by atoms with Crippen LogP contribution < -0.4 is 56.6 Å². The van der Waals surface area contributed by atoms with E-state index in [4.69, 9.17) is 35.7 Å². The minimum atomic E-state index is -3.57. The number of nitrogens with two attached hydrogens (primary N) is 1.